The Kier molecular flexibility index (Phi) is 5.45. The van der Waals surface area contributed by atoms with E-state index in [9.17, 15) is 9.90 Å². The Balaban J connectivity index is 1.87. The maximum atomic E-state index is 11.9. The van der Waals surface area contributed by atoms with Crippen LogP contribution < -0.4 is 10.6 Å². The van der Waals surface area contributed by atoms with Gasteiger partial charge in [0, 0.05) is 4.88 Å². The monoisotopic (exact) mass is 338 g/mol. The van der Waals surface area contributed by atoms with Crippen LogP contribution >= 0.6 is 22.9 Å². The second kappa shape index (κ2) is 7.13. The SMILES string of the molecule is CC(NC(=O)NCC(C)(O)c1ccccc1)c1ccc(Cl)s1. The molecule has 6 heteroatoms. The van der Waals surface area contributed by atoms with Gasteiger partial charge >= 0.3 is 6.03 Å². The molecule has 2 atom stereocenters. The van der Waals surface area contributed by atoms with Gasteiger partial charge in [-0.2, -0.15) is 0 Å². The lowest BCUT2D eigenvalue weighted by Crippen LogP contribution is -2.44. The summed E-state index contributed by atoms with van der Waals surface area (Å²) in [6.07, 6.45) is 0. The van der Waals surface area contributed by atoms with Gasteiger partial charge < -0.3 is 15.7 Å². The average Bonchev–Trinajstić information content (AvgIpc) is 2.93. The van der Waals surface area contributed by atoms with Gasteiger partial charge in [-0.3, -0.25) is 0 Å². The Hall–Kier alpha value is -1.56. The third-order valence-electron chi connectivity index (χ3n) is 3.36. The Morgan fingerprint density at radius 3 is 2.59 bits per heavy atom. The zero-order chi connectivity index (χ0) is 16.2. The van der Waals surface area contributed by atoms with Crippen molar-refractivity contribution in [3.63, 3.8) is 0 Å². The fraction of sp³-hybridized carbons (Fsp3) is 0.312. The highest BCUT2D eigenvalue weighted by Gasteiger charge is 2.23. The number of benzene rings is 1. The van der Waals surface area contributed by atoms with Crippen molar-refractivity contribution in [1.29, 1.82) is 0 Å². The molecule has 0 aliphatic carbocycles. The van der Waals surface area contributed by atoms with Crippen molar-refractivity contribution in [2.24, 2.45) is 0 Å². The standard InChI is InChI=1S/C16H19ClN2O2S/c1-11(13-8-9-14(17)22-13)19-15(20)18-10-16(2,21)12-6-4-3-5-7-12/h3-9,11,21H,10H2,1-2H3,(H2,18,19,20). The summed E-state index contributed by atoms with van der Waals surface area (Å²) in [7, 11) is 0. The minimum Gasteiger partial charge on any atom is -0.384 e. The van der Waals surface area contributed by atoms with Gasteiger partial charge in [-0.05, 0) is 31.5 Å². The van der Waals surface area contributed by atoms with Crippen LogP contribution in [0.3, 0.4) is 0 Å². The van der Waals surface area contributed by atoms with Gasteiger partial charge in [-0.25, -0.2) is 4.79 Å². The molecular formula is C16H19ClN2O2S. The molecule has 4 nitrogen and oxygen atoms in total. The molecule has 0 aliphatic rings. The molecule has 0 saturated heterocycles. The van der Waals surface area contributed by atoms with Crippen molar-refractivity contribution in [2.75, 3.05) is 6.54 Å². The molecule has 2 unspecified atom stereocenters. The largest absolute Gasteiger partial charge is 0.384 e. The number of rotatable bonds is 5. The van der Waals surface area contributed by atoms with Crippen LogP contribution in [-0.2, 0) is 5.60 Å². The summed E-state index contributed by atoms with van der Waals surface area (Å²) in [5.41, 5.74) is -0.359. The summed E-state index contributed by atoms with van der Waals surface area (Å²) >= 11 is 7.32. The predicted octanol–water partition coefficient (Wildman–Crippen LogP) is 3.67. The van der Waals surface area contributed by atoms with Crippen LogP contribution in [-0.4, -0.2) is 17.7 Å². The van der Waals surface area contributed by atoms with Crippen LogP contribution in [0.15, 0.2) is 42.5 Å². The molecule has 1 aromatic heterocycles. The molecule has 1 aromatic carbocycles. The van der Waals surface area contributed by atoms with E-state index < -0.39 is 5.60 Å². The van der Waals surface area contributed by atoms with Gasteiger partial charge in [0.25, 0.3) is 0 Å². The van der Waals surface area contributed by atoms with Crippen LogP contribution in [0, 0.1) is 0 Å². The number of thiophene rings is 1. The lowest BCUT2D eigenvalue weighted by Gasteiger charge is -2.24. The first-order chi connectivity index (χ1) is 10.4. The van der Waals surface area contributed by atoms with Crippen LogP contribution in [0.1, 0.15) is 30.3 Å². The number of halogens is 1. The molecule has 0 fully saturated rings. The molecular weight excluding hydrogens is 320 g/mol. The van der Waals surface area contributed by atoms with Crippen molar-refractivity contribution in [3.05, 3.63) is 57.2 Å². The van der Waals surface area contributed by atoms with Crippen LogP contribution in [0.2, 0.25) is 4.34 Å². The highest BCUT2D eigenvalue weighted by atomic mass is 35.5. The zero-order valence-corrected chi connectivity index (χ0v) is 14.0. The molecule has 0 aliphatic heterocycles. The van der Waals surface area contributed by atoms with E-state index in [4.69, 9.17) is 11.6 Å². The molecule has 3 N–H and O–H groups in total. The quantitative estimate of drug-likeness (QED) is 0.779. The lowest BCUT2D eigenvalue weighted by molar-refractivity contribution is 0.0593. The Bertz CT molecular complexity index is 628. The number of aliphatic hydroxyl groups is 1. The first-order valence-electron chi connectivity index (χ1n) is 6.96. The summed E-state index contributed by atoms with van der Waals surface area (Å²) in [4.78, 5) is 12.9. The maximum absolute atomic E-state index is 11.9. The average molecular weight is 339 g/mol. The fourth-order valence-electron chi connectivity index (χ4n) is 2.03. The minimum absolute atomic E-state index is 0.126. The Morgan fingerprint density at radius 1 is 1.32 bits per heavy atom. The van der Waals surface area contributed by atoms with E-state index in [1.807, 2.05) is 43.3 Å². The third kappa shape index (κ3) is 4.47. The van der Waals surface area contributed by atoms with E-state index in [-0.39, 0.29) is 18.6 Å². The third-order valence-corrected chi connectivity index (χ3v) is 4.77. The second-order valence-electron chi connectivity index (χ2n) is 5.33. The van der Waals surface area contributed by atoms with E-state index in [0.717, 1.165) is 10.4 Å². The molecule has 0 spiro atoms. The van der Waals surface area contributed by atoms with E-state index in [0.29, 0.717) is 4.34 Å². The minimum atomic E-state index is -1.12. The Morgan fingerprint density at radius 2 is 2.00 bits per heavy atom. The van der Waals surface area contributed by atoms with Crippen molar-refractivity contribution in [2.45, 2.75) is 25.5 Å². The summed E-state index contributed by atoms with van der Waals surface area (Å²) in [5.74, 6) is 0. The van der Waals surface area contributed by atoms with Gasteiger partial charge in [0.1, 0.15) is 5.60 Å². The van der Waals surface area contributed by atoms with Gasteiger partial charge in [0.15, 0.2) is 0 Å². The molecule has 2 rings (SSSR count). The summed E-state index contributed by atoms with van der Waals surface area (Å²) in [6, 6.07) is 12.5. The van der Waals surface area contributed by atoms with Crippen molar-refractivity contribution >= 4 is 29.0 Å². The molecule has 1 heterocycles. The maximum Gasteiger partial charge on any atom is 0.315 e. The van der Waals surface area contributed by atoms with E-state index in [1.54, 1.807) is 13.0 Å². The van der Waals surface area contributed by atoms with Gasteiger partial charge in [0.2, 0.25) is 0 Å². The fourth-order valence-corrected chi connectivity index (χ4v) is 3.09. The molecule has 0 saturated carbocycles. The number of nitrogens with one attached hydrogen (secondary N) is 2. The molecule has 22 heavy (non-hydrogen) atoms. The van der Waals surface area contributed by atoms with E-state index in [1.165, 1.54) is 11.3 Å². The van der Waals surface area contributed by atoms with Crippen molar-refractivity contribution in [1.82, 2.24) is 10.6 Å². The van der Waals surface area contributed by atoms with E-state index in [2.05, 4.69) is 10.6 Å². The summed E-state index contributed by atoms with van der Waals surface area (Å²) in [5, 5.41) is 16.0. The Labute approximate surface area is 139 Å². The zero-order valence-electron chi connectivity index (χ0n) is 12.5. The summed E-state index contributed by atoms with van der Waals surface area (Å²) in [6.45, 7) is 3.68. The number of carbonyl (C=O) groups is 1. The highest BCUT2D eigenvalue weighted by molar-refractivity contribution is 7.16. The lowest BCUT2D eigenvalue weighted by atomic mass is 9.96. The second-order valence-corrected chi connectivity index (χ2v) is 7.08. The van der Waals surface area contributed by atoms with Crippen molar-refractivity contribution in [3.8, 4) is 0 Å². The number of hydrogen-bond donors (Lipinski definition) is 3. The van der Waals surface area contributed by atoms with E-state index >= 15 is 0 Å². The molecule has 118 valence electrons. The van der Waals surface area contributed by atoms with Crippen LogP contribution in [0.4, 0.5) is 4.79 Å². The number of amides is 2. The number of hydrogen-bond acceptors (Lipinski definition) is 3. The molecule has 0 radical (unpaired) electrons. The van der Waals surface area contributed by atoms with Crippen LogP contribution in [0.5, 0.6) is 0 Å². The summed E-state index contributed by atoms with van der Waals surface area (Å²) < 4.78 is 0.691. The topological polar surface area (TPSA) is 61.4 Å². The van der Waals surface area contributed by atoms with Crippen molar-refractivity contribution < 1.29 is 9.90 Å². The first kappa shape index (κ1) is 16.8. The van der Waals surface area contributed by atoms with Gasteiger partial charge in [-0.1, -0.05) is 41.9 Å². The number of urea groups is 1. The number of carbonyl (C=O) groups excluding carboxylic acids is 1. The first-order valence-corrected chi connectivity index (χ1v) is 8.15. The highest BCUT2D eigenvalue weighted by Crippen LogP contribution is 2.26. The van der Waals surface area contributed by atoms with Gasteiger partial charge in [0.05, 0.1) is 16.9 Å². The van der Waals surface area contributed by atoms with Crippen LogP contribution in [0.25, 0.3) is 0 Å². The molecule has 2 amide bonds. The smallest absolute Gasteiger partial charge is 0.315 e. The predicted molar refractivity (Wildman–Crippen MR) is 90.3 cm³/mol. The molecule has 2 aromatic rings. The molecule has 0 bridgehead atoms. The normalized spacial score (nSPS) is 14.9. The van der Waals surface area contributed by atoms with Gasteiger partial charge in [-0.15, -0.1) is 11.3 Å².